The first-order valence-corrected chi connectivity index (χ1v) is 10.7. The Bertz CT molecular complexity index is 1170. The largest absolute Gasteiger partial charge is 0.497 e. The van der Waals surface area contributed by atoms with E-state index in [-0.39, 0.29) is 11.9 Å². The lowest BCUT2D eigenvalue weighted by molar-refractivity contribution is 0.0989. The summed E-state index contributed by atoms with van der Waals surface area (Å²) in [5.41, 5.74) is 4.02. The zero-order valence-corrected chi connectivity index (χ0v) is 17.8. The Morgan fingerprint density at radius 3 is 2.52 bits per heavy atom. The molecule has 0 saturated carbocycles. The molecule has 1 atom stereocenters. The maximum Gasteiger partial charge on any atom is 0.277 e. The van der Waals surface area contributed by atoms with E-state index < -0.39 is 0 Å². The Labute approximate surface area is 180 Å². The monoisotopic (exact) mass is 465 g/mol. The van der Waals surface area contributed by atoms with E-state index in [1.807, 2.05) is 64.9 Å². The molecule has 144 valence electrons. The molecule has 1 aliphatic heterocycles. The third-order valence-corrected chi connectivity index (χ3v) is 6.50. The van der Waals surface area contributed by atoms with Gasteiger partial charge in [-0.2, -0.15) is 5.10 Å². The van der Waals surface area contributed by atoms with Crippen molar-refractivity contribution in [1.82, 2.24) is 10.2 Å². The van der Waals surface area contributed by atoms with Crippen LogP contribution in [-0.4, -0.2) is 23.2 Å². The van der Waals surface area contributed by atoms with Gasteiger partial charge < -0.3 is 4.74 Å². The van der Waals surface area contributed by atoms with Gasteiger partial charge in [-0.05, 0) is 60.0 Å². The first kappa shape index (κ1) is 18.1. The fourth-order valence-electron chi connectivity index (χ4n) is 3.70. The highest BCUT2D eigenvalue weighted by atomic mass is 79.9. The number of carbonyl (C=O) groups excluding carboxylic acids is 1. The first-order chi connectivity index (χ1) is 14.2. The summed E-state index contributed by atoms with van der Waals surface area (Å²) in [4.78, 5) is 16.3. The van der Waals surface area contributed by atoms with E-state index in [2.05, 4.69) is 32.2 Å². The molecule has 0 saturated heterocycles. The average Bonchev–Trinajstić information content (AvgIpc) is 3.47. The van der Waals surface area contributed by atoms with Gasteiger partial charge in [-0.3, -0.25) is 14.8 Å². The number of ether oxygens (including phenoxy) is 1. The van der Waals surface area contributed by atoms with Crippen molar-refractivity contribution < 1.29 is 9.53 Å². The van der Waals surface area contributed by atoms with Crippen LogP contribution in [-0.2, 0) is 0 Å². The first-order valence-electron chi connectivity index (χ1n) is 9.02. The number of hydrogen-bond acceptors (Lipinski definition) is 4. The lowest BCUT2D eigenvalue weighted by Crippen LogP contribution is -2.28. The predicted molar refractivity (Wildman–Crippen MR) is 118 cm³/mol. The van der Waals surface area contributed by atoms with Crippen LogP contribution in [0.1, 0.15) is 27.0 Å². The van der Waals surface area contributed by atoms with Crippen LogP contribution >= 0.6 is 27.3 Å². The Kier molecular flexibility index (Phi) is 4.49. The minimum Gasteiger partial charge on any atom is -0.497 e. The van der Waals surface area contributed by atoms with Gasteiger partial charge in [0.05, 0.1) is 12.8 Å². The molecular weight excluding hydrogens is 450 g/mol. The van der Waals surface area contributed by atoms with Crippen molar-refractivity contribution >= 4 is 38.9 Å². The SMILES string of the molecule is COc1ccc(-c2n[nH]c3c2C(c2cccs2)N(c2ccc(Br)cc2)C3=O)cc1. The van der Waals surface area contributed by atoms with E-state index in [0.717, 1.165) is 37.6 Å². The zero-order chi connectivity index (χ0) is 20.0. The van der Waals surface area contributed by atoms with Crippen LogP contribution in [0.25, 0.3) is 11.3 Å². The minimum absolute atomic E-state index is 0.0759. The van der Waals surface area contributed by atoms with Crippen LogP contribution in [0.5, 0.6) is 5.75 Å². The third-order valence-electron chi connectivity index (χ3n) is 5.05. The third kappa shape index (κ3) is 2.97. The lowest BCUT2D eigenvalue weighted by Gasteiger charge is -2.25. The van der Waals surface area contributed by atoms with Crippen molar-refractivity contribution in [3.63, 3.8) is 0 Å². The molecule has 0 aliphatic carbocycles. The Balaban J connectivity index is 1.67. The zero-order valence-electron chi connectivity index (χ0n) is 15.4. The molecule has 5 nitrogen and oxygen atoms in total. The van der Waals surface area contributed by atoms with Crippen molar-refractivity contribution in [3.8, 4) is 17.0 Å². The summed E-state index contributed by atoms with van der Waals surface area (Å²) in [5.74, 6) is 0.705. The molecule has 0 spiro atoms. The van der Waals surface area contributed by atoms with Crippen LogP contribution in [0.3, 0.4) is 0 Å². The Morgan fingerprint density at radius 2 is 1.86 bits per heavy atom. The summed E-state index contributed by atoms with van der Waals surface area (Å²) in [5, 5.41) is 9.52. The van der Waals surface area contributed by atoms with E-state index in [1.165, 1.54) is 0 Å². The van der Waals surface area contributed by atoms with E-state index in [9.17, 15) is 4.79 Å². The van der Waals surface area contributed by atoms with Crippen LogP contribution in [0, 0.1) is 0 Å². The summed E-state index contributed by atoms with van der Waals surface area (Å²) >= 11 is 5.11. The smallest absolute Gasteiger partial charge is 0.277 e. The second-order valence-corrected chi connectivity index (χ2v) is 8.55. The molecule has 4 aromatic rings. The molecule has 1 unspecified atom stereocenters. The van der Waals surface area contributed by atoms with Crippen molar-refractivity contribution in [3.05, 3.63) is 86.7 Å². The maximum atomic E-state index is 13.4. The van der Waals surface area contributed by atoms with Crippen molar-refractivity contribution in [1.29, 1.82) is 0 Å². The van der Waals surface area contributed by atoms with Crippen LogP contribution in [0.15, 0.2) is 70.5 Å². The van der Waals surface area contributed by atoms with E-state index >= 15 is 0 Å². The van der Waals surface area contributed by atoms with E-state index in [0.29, 0.717) is 5.69 Å². The number of carbonyl (C=O) groups is 1. The number of nitrogens with zero attached hydrogens (tertiary/aromatic N) is 2. The molecule has 0 fully saturated rings. The van der Waals surface area contributed by atoms with Gasteiger partial charge in [0.1, 0.15) is 17.5 Å². The molecule has 2 aromatic heterocycles. The number of rotatable bonds is 4. The molecule has 29 heavy (non-hydrogen) atoms. The topological polar surface area (TPSA) is 58.2 Å². The molecule has 0 radical (unpaired) electrons. The lowest BCUT2D eigenvalue weighted by atomic mass is 10.0. The fraction of sp³-hybridized carbons (Fsp3) is 0.0909. The van der Waals surface area contributed by atoms with Crippen LogP contribution in [0.2, 0.25) is 0 Å². The number of nitrogens with one attached hydrogen (secondary N) is 1. The number of methoxy groups -OCH3 is 1. The van der Waals surface area contributed by atoms with E-state index in [1.54, 1.807) is 18.4 Å². The highest BCUT2D eigenvalue weighted by molar-refractivity contribution is 9.10. The number of aromatic nitrogens is 2. The Hall–Kier alpha value is -2.90. The van der Waals surface area contributed by atoms with Gasteiger partial charge in [-0.15, -0.1) is 11.3 Å². The number of thiophene rings is 1. The van der Waals surface area contributed by atoms with Crippen molar-refractivity contribution in [2.24, 2.45) is 0 Å². The number of fused-ring (bicyclic) bond motifs is 1. The highest BCUT2D eigenvalue weighted by Gasteiger charge is 2.43. The fourth-order valence-corrected chi connectivity index (χ4v) is 4.79. The summed E-state index contributed by atoms with van der Waals surface area (Å²) in [6.07, 6.45) is 0. The number of benzene rings is 2. The van der Waals surface area contributed by atoms with Crippen molar-refractivity contribution in [2.45, 2.75) is 6.04 Å². The molecule has 3 heterocycles. The standard InChI is InChI=1S/C22H16BrN3O2S/c1-28-16-10-4-13(5-11-16)19-18-20(25-24-19)22(27)26(15-8-6-14(23)7-9-15)21(18)17-3-2-12-29-17/h2-12,21H,1H3,(H,24,25). The van der Waals surface area contributed by atoms with Gasteiger partial charge in [0.25, 0.3) is 5.91 Å². The molecule has 5 rings (SSSR count). The minimum atomic E-state index is -0.227. The molecule has 1 amide bonds. The van der Waals surface area contributed by atoms with Gasteiger partial charge in [0, 0.05) is 26.2 Å². The average molecular weight is 466 g/mol. The van der Waals surface area contributed by atoms with E-state index in [4.69, 9.17) is 4.74 Å². The molecule has 1 N–H and O–H groups in total. The van der Waals surface area contributed by atoms with Gasteiger partial charge in [0.2, 0.25) is 0 Å². The van der Waals surface area contributed by atoms with Gasteiger partial charge in [-0.1, -0.05) is 22.0 Å². The molecule has 0 bridgehead atoms. The van der Waals surface area contributed by atoms with Crippen LogP contribution in [0.4, 0.5) is 5.69 Å². The molecule has 1 aliphatic rings. The maximum absolute atomic E-state index is 13.4. The van der Waals surface area contributed by atoms with Crippen molar-refractivity contribution in [2.75, 3.05) is 12.0 Å². The molecule has 7 heteroatoms. The number of anilines is 1. The quantitative estimate of drug-likeness (QED) is 0.422. The number of aromatic amines is 1. The van der Waals surface area contributed by atoms with Gasteiger partial charge in [-0.25, -0.2) is 0 Å². The number of amides is 1. The summed E-state index contributed by atoms with van der Waals surface area (Å²) in [6, 6.07) is 19.4. The second kappa shape index (κ2) is 7.17. The molecule has 2 aromatic carbocycles. The summed E-state index contributed by atoms with van der Waals surface area (Å²) in [6.45, 7) is 0. The van der Waals surface area contributed by atoms with Crippen LogP contribution < -0.4 is 9.64 Å². The van der Waals surface area contributed by atoms with Gasteiger partial charge in [0.15, 0.2) is 0 Å². The van der Waals surface area contributed by atoms with Gasteiger partial charge >= 0.3 is 0 Å². The number of halogens is 1. The number of H-pyrrole nitrogens is 1. The normalized spacial score (nSPS) is 15.6. The molecular formula is C22H16BrN3O2S. The summed E-state index contributed by atoms with van der Waals surface area (Å²) < 4.78 is 6.24. The predicted octanol–water partition coefficient (Wildman–Crippen LogP) is 5.66. The highest BCUT2D eigenvalue weighted by Crippen LogP contribution is 2.46. The second-order valence-electron chi connectivity index (χ2n) is 6.66. The number of hydrogen-bond donors (Lipinski definition) is 1. The Morgan fingerprint density at radius 1 is 1.10 bits per heavy atom. The summed E-state index contributed by atoms with van der Waals surface area (Å²) in [7, 11) is 1.64.